The molecule has 0 aromatic carbocycles. The first-order valence-electron chi connectivity index (χ1n) is 5.32. The number of hydrogen-bond donors (Lipinski definition) is 2. The van der Waals surface area contributed by atoms with Gasteiger partial charge in [0.05, 0.1) is 25.3 Å². The number of nitrogens with one attached hydrogen (secondary N) is 2. The molecule has 2 heterocycles. The molecule has 1 aliphatic rings. The van der Waals surface area contributed by atoms with Gasteiger partial charge in [-0.25, -0.2) is 0 Å². The quantitative estimate of drug-likeness (QED) is 0.767. The van der Waals surface area contributed by atoms with Gasteiger partial charge in [-0.2, -0.15) is 0 Å². The van der Waals surface area contributed by atoms with E-state index in [9.17, 15) is 4.79 Å². The summed E-state index contributed by atoms with van der Waals surface area (Å²) in [6, 6.07) is 0.0878. The predicted molar refractivity (Wildman–Crippen MR) is 56.9 cm³/mol. The van der Waals surface area contributed by atoms with E-state index >= 15 is 0 Å². The third-order valence-corrected chi connectivity index (χ3v) is 2.58. The van der Waals surface area contributed by atoms with Crippen molar-refractivity contribution in [2.45, 2.75) is 13.0 Å². The van der Waals surface area contributed by atoms with E-state index in [1.165, 1.54) is 12.5 Å². The number of hydrogen-bond acceptors (Lipinski definition) is 5. The summed E-state index contributed by atoms with van der Waals surface area (Å²) in [5, 5.41) is 9.49. The van der Waals surface area contributed by atoms with Gasteiger partial charge in [0, 0.05) is 6.04 Å². The van der Waals surface area contributed by atoms with E-state index in [0.717, 1.165) is 6.54 Å². The third kappa shape index (κ3) is 2.40. The lowest BCUT2D eigenvalue weighted by Crippen LogP contribution is -2.41. The fourth-order valence-electron chi connectivity index (χ4n) is 1.78. The number of ether oxygens (including phenoxy) is 1. The largest absolute Gasteiger partial charge is 0.379 e. The zero-order valence-corrected chi connectivity index (χ0v) is 9.10. The van der Waals surface area contributed by atoms with E-state index < -0.39 is 0 Å². The van der Waals surface area contributed by atoms with Crippen LogP contribution in [-0.4, -0.2) is 36.9 Å². The molecule has 0 bridgehead atoms. The van der Waals surface area contributed by atoms with Gasteiger partial charge in [-0.15, -0.1) is 0 Å². The Morgan fingerprint density at radius 1 is 1.62 bits per heavy atom. The van der Waals surface area contributed by atoms with E-state index in [1.807, 2.05) is 6.92 Å². The lowest BCUT2D eigenvalue weighted by Gasteiger charge is -2.16. The minimum Gasteiger partial charge on any atom is -0.379 e. The van der Waals surface area contributed by atoms with Crippen LogP contribution in [-0.2, 0) is 9.53 Å². The maximum Gasteiger partial charge on any atom is 0.231 e. The molecule has 2 atom stereocenters. The second kappa shape index (κ2) is 5.09. The molecule has 1 fully saturated rings. The number of rotatable bonds is 4. The SMILES string of the molecule is CCNC1COCC1C(=O)Nc1cnoc1. The van der Waals surface area contributed by atoms with Gasteiger partial charge in [0.2, 0.25) is 5.91 Å². The van der Waals surface area contributed by atoms with Crippen molar-refractivity contribution in [1.82, 2.24) is 10.5 Å². The van der Waals surface area contributed by atoms with Crippen molar-refractivity contribution in [2.24, 2.45) is 5.92 Å². The molecule has 0 saturated carbocycles. The van der Waals surface area contributed by atoms with E-state index in [2.05, 4.69) is 20.3 Å². The highest BCUT2D eigenvalue weighted by molar-refractivity contribution is 5.93. The van der Waals surface area contributed by atoms with E-state index in [4.69, 9.17) is 4.74 Å². The molecule has 0 spiro atoms. The molecule has 0 aliphatic carbocycles. The maximum atomic E-state index is 11.9. The first-order valence-corrected chi connectivity index (χ1v) is 5.32. The highest BCUT2D eigenvalue weighted by Crippen LogP contribution is 2.16. The maximum absolute atomic E-state index is 11.9. The zero-order valence-electron chi connectivity index (χ0n) is 9.10. The molecule has 88 valence electrons. The van der Waals surface area contributed by atoms with Crippen molar-refractivity contribution in [2.75, 3.05) is 25.1 Å². The summed E-state index contributed by atoms with van der Waals surface area (Å²) in [4.78, 5) is 11.9. The smallest absolute Gasteiger partial charge is 0.231 e. The molecule has 1 aromatic rings. The number of nitrogens with zero attached hydrogens (tertiary/aromatic N) is 1. The lowest BCUT2D eigenvalue weighted by atomic mass is 10.0. The van der Waals surface area contributed by atoms with Crippen molar-refractivity contribution in [3.63, 3.8) is 0 Å². The van der Waals surface area contributed by atoms with Gasteiger partial charge in [-0.3, -0.25) is 4.79 Å². The molecule has 1 amide bonds. The Balaban J connectivity index is 1.93. The number of anilines is 1. The van der Waals surface area contributed by atoms with E-state index in [-0.39, 0.29) is 17.9 Å². The topological polar surface area (TPSA) is 76.4 Å². The van der Waals surface area contributed by atoms with Crippen molar-refractivity contribution in [3.05, 3.63) is 12.5 Å². The van der Waals surface area contributed by atoms with Crippen LogP contribution in [0, 0.1) is 5.92 Å². The first kappa shape index (κ1) is 11.1. The second-order valence-electron chi connectivity index (χ2n) is 3.71. The van der Waals surface area contributed by atoms with Crippen molar-refractivity contribution in [1.29, 1.82) is 0 Å². The Morgan fingerprint density at radius 2 is 2.50 bits per heavy atom. The normalized spacial score (nSPS) is 24.6. The summed E-state index contributed by atoms with van der Waals surface area (Å²) < 4.78 is 9.94. The Kier molecular flexibility index (Phi) is 3.53. The van der Waals surface area contributed by atoms with Crippen LogP contribution < -0.4 is 10.6 Å². The Morgan fingerprint density at radius 3 is 3.19 bits per heavy atom. The number of aromatic nitrogens is 1. The van der Waals surface area contributed by atoms with Crippen molar-refractivity contribution >= 4 is 11.6 Å². The molecule has 2 N–H and O–H groups in total. The third-order valence-electron chi connectivity index (χ3n) is 2.58. The summed E-state index contributed by atoms with van der Waals surface area (Å²) in [5.41, 5.74) is 0.576. The molecule has 16 heavy (non-hydrogen) atoms. The summed E-state index contributed by atoms with van der Waals surface area (Å²) in [6.45, 7) is 3.86. The Bertz CT molecular complexity index is 339. The molecule has 6 heteroatoms. The first-order chi connectivity index (χ1) is 7.81. The summed E-state index contributed by atoms with van der Waals surface area (Å²) in [7, 11) is 0. The molecular weight excluding hydrogens is 210 g/mol. The van der Waals surface area contributed by atoms with E-state index in [1.54, 1.807) is 0 Å². The van der Waals surface area contributed by atoms with Gasteiger partial charge < -0.3 is 19.9 Å². The minimum atomic E-state index is -0.158. The van der Waals surface area contributed by atoms with Crippen LogP contribution in [0.3, 0.4) is 0 Å². The average Bonchev–Trinajstić information content (AvgIpc) is 2.89. The molecule has 1 aliphatic heterocycles. The zero-order chi connectivity index (χ0) is 11.4. The fourth-order valence-corrected chi connectivity index (χ4v) is 1.78. The standard InChI is InChI=1S/C10H15N3O3/c1-2-11-9-6-15-5-8(9)10(14)13-7-3-12-16-4-7/h3-4,8-9,11H,2,5-6H2,1H3,(H,13,14). The Labute approximate surface area is 93.3 Å². The number of carbonyl (C=O) groups excluding carboxylic acids is 1. The number of amides is 1. The number of carbonyl (C=O) groups is 1. The highest BCUT2D eigenvalue weighted by atomic mass is 16.5. The Hall–Kier alpha value is -1.40. The monoisotopic (exact) mass is 225 g/mol. The molecule has 0 radical (unpaired) electrons. The molecular formula is C10H15N3O3. The van der Waals surface area contributed by atoms with Gasteiger partial charge in [0.15, 0.2) is 0 Å². The van der Waals surface area contributed by atoms with E-state index in [0.29, 0.717) is 18.9 Å². The summed E-state index contributed by atoms with van der Waals surface area (Å²) >= 11 is 0. The fraction of sp³-hybridized carbons (Fsp3) is 0.600. The molecule has 1 saturated heterocycles. The average molecular weight is 225 g/mol. The van der Waals surface area contributed by atoms with Crippen molar-refractivity contribution in [3.8, 4) is 0 Å². The predicted octanol–water partition coefficient (Wildman–Crippen LogP) is 0.238. The highest BCUT2D eigenvalue weighted by Gasteiger charge is 2.33. The van der Waals surface area contributed by atoms with Crippen LogP contribution in [0.4, 0.5) is 5.69 Å². The minimum absolute atomic E-state index is 0.0633. The van der Waals surface area contributed by atoms with Crippen LogP contribution in [0.1, 0.15) is 6.92 Å². The second-order valence-corrected chi connectivity index (χ2v) is 3.71. The molecule has 1 aromatic heterocycles. The molecule has 2 rings (SSSR count). The molecule has 6 nitrogen and oxygen atoms in total. The van der Waals surface area contributed by atoms with Crippen LogP contribution in [0.5, 0.6) is 0 Å². The van der Waals surface area contributed by atoms with Crippen LogP contribution in [0.25, 0.3) is 0 Å². The van der Waals surface area contributed by atoms with Crippen LogP contribution in [0.2, 0.25) is 0 Å². The van der Waals surface area contributed by atoms with Gasteiger partial charge in [0.25, 0.3) is 0 Å². The van der Waals surface area contributed by atoms with Crippen LogP contribution >= 0.6 is 0 Å². The van der Waals surface area contributed by atoms with Crippen molar-refractivity contribution < 1.29 is 14.1 Å². The van der Waals surface area contributed by atoms with Gasteiger partial charge in [0.1, 0.15) is 12.0 Å². The lowest BCUT2D eigenvalue weighted by molar-refractivity contribution is -0.120. The van der Waals surface area contributed by atoms with Gasteiger partial charge >= 0.3 is 0 Å². The summed E-state index contributed by atoms with van der Waals surface area (Å²) in [5.74, 6) is -0.221. The molecule has 2 unspecified atom stereocenters. The number of likely N-dealkylation sites (N-methyl/N-ethyl adjacent to an activating group) is 1. The summed E-state index contributed by atoms with van der Waals surface area (Å²) in [6.07, 6.45) is 2.87. The van der Waals surface area contributed by atoms with Gasteiger partial charge in [-0.05, 0) is 6.54 Å². The van der Waals surface area contributed by atoms with Crippen LogP contribution in [0.15, 0.2) is 17.0 Å². The van der Waals surface area contributed by atoms with Gasteiger partial charge in [-0.1, -0.05) is 12.1 Å².